The van der Waals surface area contributed by atoms with Crippen LogP contribution in [0.4, 0.5) is 14.5 Å². The fraction of sp³-hybridized carbons (Fsp3) is 0.200. The Morgan fingerprint density at radius 1 is 1.10 bits per heavy atom. The quantitative estimate of drug-likeness (QED) is 0.896. The van der Waals surface area contributed by atoms with Gasteiger partial charge in [-0.2, -0.15) is 0 Å². The molecule has 106 valence electrons. The van der Waals surface area contributed by atoms with Gasteiger partial charge >= 0.3 is 0 Å². The molecule has 0 aliphatic rings. The summed E-state index contributed by atoms with van der Waals surface area (Å²) in [7, 11) is 0. The number of nitrogens with one attached hydrogen (secondary N) is 1. The summed E-state index contributed by atoms with van der Waals surface area (Å²) in [6.07, 6.45) is 0. The largest absolute Gasteiger partial charge is 0.394 e. The Morgan fingerprint density at radius 2 is 1.65 bits per heavy atom. The highest BCUT2D eigenvalue weighted by Crippen LogP contribution is 2.27. The molecule has 0 amide bonds. The van der Waals surface area contributed by atoms with E-state index in [4.69, 9.17) is 11.6 Å². The first-order chi connectivity index (χ1) is 9.43. The van der Waals surface area contributed by atoms with Gasteiger partial charge in [0.1, 0.15) is 11.6 Å². The zero-order valence-electron chi connectivity index (χ0n) is 10.8. The lowest BCUT2D eigenvalue weighted by molar-refractivity contribution is 0.223. The number of hydrogen-bond acceptors (Lipinski definition) is 2. The second-order valence-corrected chi connectivity index (χ2v) is 5.22. The number of halogens is 3. The molecule has 2 rings (SSSR count). The van der Waals surface area contributed by atoms with E-state index in [9.17, 15) is 13.9 Å². The number of aliphatic hydroxyl groups is 1. The van der Waals surface area contributed by atoms with Crippen LogP contribution >= 0.6 is 11.6 Å². The molecule has 1 atom stereocenters. The summed E-state index contributed by atoms with van der Waals surface area (Å²) in [6, 6.07) is 10.0. The van der Waals surface area contributed by atoms with Gasteiger partial charge < -0.3 is 10.4 Å². The maximum atomic E-state index is 13.3. The maximum absolute atomic E-state index is 13.3. The van der Waals surface area contributed by atoms with Gasteiger partial charge in [0.2, 0.25) is 0 Å². The molecule has 20 heavy (non-hydrogen) atoms. The zero-order chi connectivity index (χ0) is 14.8. The molecule has 0 aliphatic heterocycles. The molecule has 0 radical (unpaired) electrons. The van der Waals surface area contributed by atoms with E-state index in [-0.39, 0.29) is 6.61 Å². The van der Waals surface area contributed by atoms with Crippen molar-refractivity contribution < 1.29 is 13.9 Å². The topological polar surface area (TPSA) is 32.3 Å². The van der Waals surface area contributed by atoms with E-state index in [1.54, 1.807) is 31.2 Å². The summed E-state index contributed by atoms with van der Waals surface area (Å²) in [6.45, 7) is 1.34. The van der Waals surface area contributed by atoms with E-state index in [2.05, 4.69) is 5.32 Å². The molecule has 0 saturated carbocycles. The zero-order valence-corrected chi connectivity index (χ0v) is 11.6. The average Bonchev–Trinajstić information content (AvgIpc) is 2.40. The third-order valence-electron chi connectivity index (χ3n) is 3.08. The fourth-order valence-electron chi connectivity index (χ4n) is 1.93. The lowest BCUT2D eigenvalue weighted by Gasteiger charge is -2.30. The Balaban J connectivity index is 2.35. The molecule has 0 spiro atoms. The van der Waals surface area contributed by atoms with Crippen molar-refractivity contribution in [2.75, 3.05) is 11.9 Å². The van der Waals surface area contributed by atoms with Crippen LogP contribution in [-0.4, -0.2) is 11.7 Å². The van der Waals surface area contributed by atoms with Crippen molar-refractivity contribution in [1.29, 1.82) is 0 Å². The van der Waals surface area contributed by atoms with Crippen molar-refractivity contribution in [2.45, 2.75) is 12.5 Å². The first-order valence-electron chi connectivity index (χ1n) is 6.04. The predicted octanol–water partition coefficient (Wildman–Crippen LogP) is 3.94. The Kier molecular flexibility index (Phi) is 4.26. The van der Waals surface area contributed by atoms with Gasteiger partial charge in [-0.05, 0) is 48.9 Å². The summed E-state index contributed by atoms with van der Waals surface area (Å²) >= 11 is 5.80. The maximum Gasteiger partial charge on any atom is 0.126 e. The molecule has 2 aromatic rings. The van der Waals surface area contributed by atoms with Gasteiger partial charge in [-0.3, -0.25) is 0 Å². The summed E-state index contributed by atoms with van der Waals surface area (Å²) in [5, 5.41) is 13.2. The van der Waals surface area contributed by atoms with Crippen LogP contribution in [0.1, 0.15) is 12.5 Å². The second-order valence-electron chi connectivity index (χ2n) is 4.78. The summed E-state index contributed by atoms with van der Waals surface area (Å²) in [5.41, 5.74) is 0.0135. The molecule has 2 N–H and O–H groups in total. The van der Waals surface area contributed by atoms with E-state index < -0.39 is 17.2 Å². The highest BCUT2D eigenvalue weighted by atomic mass is 35.5. The highest BCUT2D eigenvalue weighted by molar-refractivity contribution is 6.30. The molecular weight excluding hydrogens is 284 g/mol. The minimum Gasteiger partial charge on any atom is -0.394 e. The van der Waals surface area contributed by atoms with Crippen LogP contribution in [0, 0.1) is 11.6 Å². The van der Waals surface area contributed by atoms with E-state index in [1.807, 2.05) is 0 Å². The van der Waals surface area contributed by atoms with Crippen LogP contribution in [0.5, 0.6) is 0 Å². The van der Waals surface area contributed by atoms with Crippen molar-refractivity contribution in [3.63, 3.8) is 0 Å². The van der Waals surface area contributed by atoms with Crippen molar-refractivity contribution in [3.05, 3.63) is 64.7 Å². The van der Waals surface area contributed by atoms with Gasteiger partial charge in [0.15, 0.2) is 0 Å². The van der Waals surface area contributed by atoms with Crippen molar-refractivity contribution in [2.24, 2.45) is 0 Å². The monoisotopic (exact) mass is 297 g/mol. The van der Waals surface area contributed by atoms with Gasteiger partial charge in [-0.15, -0.1) is 0 Å². The summed E-state index contributed by atoms with van der Waals surface area (Å²) in [4.78, 5) is 0. The van der Waals surface area contributed by atoms with Crippen LogP contribution in [-0.2, 0) is 5.54 Å². The number of aliphatic hydroxyl groups excluding tert-OH is 1. The number of benzene rings is 2. The third kappa shape index (κ3) is 3.26. The van der Waals surface area contributed by atoms with E-state index in [0.717, 1.165) is 6.07 Å². The van der Waals surface area contributed by atoms with Gasteiger partial charge in [-0.1, -0.05) is 11.6 Å². The molecule has 1 unspecified atom stereocenters. The van der Waals surface area contributed by atoms with Crippen LogP contribution in [0.15, 0.2) is 42.5 Å². The van der Waals surface area contributed by atoms with Crippen molar-refractivity contribution in [1.82, 2.24) is 0 Å². The molecule has 0 fully saturated rings. The van der Waals surface area contributed by atoms with Gasteiger partial charge in [0, 0.05) is 16.8 Å². The second kappa shape index (κ2) is 5.77. The minimum atomic E-state index is -1.00. The normalized spacial score (nSPS) is 13.8. The van der Waals surface area contributed by atoms with Crippen LogP contribution in [0.3, 0.4) is 0 Å². The summed E-state index contributed by atoms with van der Waals surface area (Å²) < 4.78 is 26.6. The van der Waals surface area contributed by atoms with Crippen molar-refractivity contribution in [3.8, 4) is 0 Å². The first kappa shape index (κ1) is 14.8. The number of rotatable bonds is 4. The Bertz CT molecular complexity index is 583. The standard InChI is InChI=1S/C15H14ClF2NO/c1-15(9-20,10-6-12(17)8-13(18)7-10)19-14-4-2-11(16)3-5-14/h2-8,19-20H,9H2,1H3. The van der Waals surface area contributed by atoms with Crippen LogP contribution in [0.2, 0.25) is 5.02 Å². The molecule has 2 nitrogen and oxygen atoms in total. The minimum absolute atomic E-state index is 0.321. The molecule has 5 heteroatoms. The van der Waals surface area contributed by atoms with Crippen molar-refractivity contribution >= 4 is 17.3 Å². The number of hydrogen-bond donors (Lipinski definition) is 2. The fourth-order valence-corrected chi connectivity index (χ4v) is 2.05. The van der Waals surface area contributed by atoms with E-state index in [1.165, 1.54) is 12.1 Å². The SMILES string of the molecule is CC(CO)(Nc1ccc(Cl)cc1)c1cc(F)cc(F)c1. The predicted molar refractivity (Wildman–Crippen MR) is 75.9 cm³/mol. The smallest absolute Gasteiger partial charge is 0.126 e. The highest BCUT2D eigenvalue weighted by Gasteiger charge is 2.26. The molecule has 0 aliphatic carbocycles. The molecule has 2 aromatic carbocycles. The Labute approximate surface area is 121 Å². The molecule has 0 bridgehead atoms. The van der Waals surface area contributed by atoms with Gasteiger partial charge in [0.05, 0.1) is 12.1 Å². The van der Waals surface area contributed by atoms with Crippen LogP contribution in [0.25, 0.3) is 0 Å². The first-order valence-corrected chi connectivity index (χ1v) is 6.42. The lowest BCUT2D eigenvalue weighted by atomic mass is 9.92. The number of anilines is 1. The third-order valence-corrected chi connectivity index (χ3v) is 3.33. The molecular formula is C15H14ClF2NO. The summed E-state index contributed by atoms with van der Waals surface area (Å²) in [5.74, 6) is -1.37. The van der Waals surface area contributed by atoms with Gasteiger partial charge in [-0.25, -0.2) is 8.78 Å². The molecule has 0 saturated heterocycles. The average molecular weight is 298 g/mol. The lowest BCUT2D eigenvalue weighted by Crippen LogP contribution is -2.36. The van der Waals surface area contributed by atoms with E-state index in [0.29, 0.717) is 16.3 Å². The van der Waals surface area contributed by atoms with E-state index >= 15 is 0 Å². The molecule has 0 heterocycles. The van der Waals surface area contributed by atoms with Gasteiger partial charge in [0.25, 0.3) is 0 Å². The Hall–Kier alpha value is -1.65. The Morgan fingerprint density at radius 3 is 2.15 bits per heavy atom. The molecule has 0 aromatic heterocycles. The van der Waals surface area contributed by atoms with Crippen LogP contribution < -0.4 is 5.32 Å².